The van der Waals surface area contributed by atoms with E-state index in [1.807, 2.05) is 32.0 Å². The quantitative estimate of drug-likeness (QED) is 0.350. The molecule has 3 aromatic rings. The van der Waals surface area contributed by atoms with Crippen LogP contribution in [0.5, 0.6) is 5.75 Å². The zero-order valence-electron chi connectivity index (χ0n) is 20.5. The van der Waals surface area contributed by atoms with Crippen LogP contribution in [0.4, 0.5) is 0 Å². The number of carboxylic acids is 1. The maximum atomic E-state index is 10.9. The van der Waals surface area contributed by atoms with Crippen LogP contribution in [0.2, 0.25) is 5.02 Å². The SMILES string of the molecule is CCc1c(-c2nnc(-c3ccc(OC(C)C)c(Cl)c3)s2)cccc1C1CCN(CCC(=O)O)CC1. The number of hydrogen-bond donors (Lipinski definition) is 1. The molecule has 0 unspecified atom stereocenters. The van der Waals surface area contributed by atoms with E-state index in [4.69, 9.17) is 21.4 Å². The second-order valence-electron chi connectivity index (χ2n) is 9.21. The summed E-state index contributed by atoms with van der Waals surface area (Å²) in [5.74, 6) is 0.419. The van der Waals surface area contributed by atoms with E-state index in [0.717, 1.165) is 53.5 Å². The molecule has 0 aliphatic carbocycles. The van der Waals surface area contributed by atoms with Gasteiger partial charge < -0.3 is 14.7 Å². The summed E-state index contributed by atoms with van der Waals surface area (Å²) in [6.07, 6.45) is 3.27. The maximum absolute atomic E-state index is 10.9. The Hall–Kier alpha value is -2.48. The molecule has 0 bridgehead atoms. The lowest BCUT2D eigenvalue weighted by molar-refractivity contribution is -0.137. The summed E-state index contributed by atoms with van der Waals surface area (Å²) < 4.78 is 5.75. The van der Waals surface area contributed by atoms with Crippen LogP contribution in [0.1, 0.15) is 57.1 Å². The van der Waals surface area contributed by atoms with Crippen molar-refractivity contribution in [1.29, 1.82) is 0 Å². The minimum atomic E-state index is -0.730. The Labute approximate surface area is 215 Å². The number of nitrogens with zero attached hydrogens (tertiary/aromatic N) is 3. The first-order valence-electron chi connectivity index (χ1n) is 12.2. The molecule has 1 saturated heterocycles. The van der Waals surface area contributed by atoms with Crippen molar-refractivity contribution in [2.45, 2.75) is 58.5 Å². The van der Waals surface area contributed by atoms with Gasteiger partial charge in [0.25, 0.3) is 0 Å². The van der Waals surface area contributed by atoms with Gasteiger partial charge in [-0.3, -0.25) is 4.79 Å². The standard InChI is InChI=1S/C27H32ClN3O3S/c1-4-20-21(18-10-13-31(14-11-18)15-12-25(32)33)6-5-7-22(20)27-30-29-26(35-27)19-8-9-24(23(28)16-19)34-17(2)3/h5-9,16-18H,4,10-15H2,1-3H3,(H,32,33). The van der Waals surface area contributed by atoms with Gasteiger partial charge in [0.05, 0.1) is 17.5 Å². The summed E-state index contributed by atoms with van der Waals surface area (Å²) in [7, 11) is 0. The summed E-state index contributed by atoms with van der Waals surface area (Å²) in [5, 5.41) is 20.3. The number of carbonyl (C=O) groups is 1. The molecule has 0 spiro atoms. The molecule has 1 aliphatic rings. The number of halogens is 1. The van der Waals surface area contributed by atoms with Crippen molar-refractivity contribution in [2.75, 3.05) is 19.6 Å². The summed E-state index contributed by atoms with van der Waals surface area (Å²) in [4.78, 5) is 13.2. The number of carboxylic acid groups (broad SMARTS) is 1. The van der Waals surface area contributed by atoms with Crippen LogP contribution in [-0.2, 0) is 11.2 Å². The van der Waals surface area contributed by atoms with Crippen LogP contribution >= 0.6 is 22.9 Å². The fraction of sp³-hybridized carbons (Fsp3) is 0.444. The Kier molecular flexibility index (Phi) is 8.42. The third-order valence-electron chi connectivity index (χ3n) is 6.43. The molecule has 1 fully saturated rings. The summed E-state index contributed by atoms with van der Waals surface area (Å²) in [5.41, 5.74) is 4.79. The van der Waals surface area contributed by atoms with Crippen LogP contribution < -0.4 is 4.74 Å². The van der Waals surface area contributed by atoms with E-state index in [2.05, 4.69) is 40.2 Å². The van der Waals surface area contributed by atoms with Gasteiger partial charge in [0.2, 0.25) is 0 Å². The maximum Gasteiger partial charge on any atom is 0.304 e. The highest BCUT2D eigenvalue weighted by Gasteiger charge is 2.24. The van der Waals surface area contributed by atoms with Crippen molar-refractivity contribution in [2.24, 2.45) is 0 Å². The predicted octanol–water partition coefficient (Wildman–Crippen LogP) is 6.53. The fourth-order valence-electron chi connectivity index (χ4n) is 4.74. The molecule has 4 rings (SSSR count). The molecule has 186 valence electrons. The molecule has 0 amide bonds. The van der Waals surface area contributed by atoms with Crippen molar-refractivity contribution in [1.82, 2.24) is 15.1 Å². The van der Waals surface area contributed by atoms with Gasteiger partial charge in [-0.05, 0) is 81.4 Å². The third-order valence-corrected chi connectivity index (χ3v) is 7.73. The summed E-state index contributed by atoms with van der Waals surface area (Å²) in [6, 6.07) is 12.3. The molecular formula is C27H32ClN3O3S. The van der Waals surface area contributed by atoms with E-state index < -0.39 is 5.97 Å². The van der Waals surface area contributed by atoms with Crippen molar-refractivity contribution in [3.8, 4) is 26.9 Å². The molecular weight excluding hydrogens is 482 g/mol. The molecule has 1 aliphatic heterocycles. The predicted molar refractivity (Wildman–Crippen MR) is 142 cm³/mol. The lowest BCUT2D eigenvalue weighted by Gasteiger charge is -2.33. The molecule has 0 atom stereocenters. The first-order chi connectivity index (χ1) is 16.9. The molecule has 0 radical (unpaired) electrons. The van der Waals surface area contributed by atoms with Gasteiger partial charge in [0.15, 0.2) is 0 Å². The number of benzene rings is 2. The van der Waals surface area contributed by atoms with Crippen LogP contribution in [0, 0.1) is 0 Å². The van der Waals surface area contributed by atoms with Gasteiger partial charge in [-0.1, -0.05) is 48.1 Å². The van der Waals surface area contributed by atoms with Gasteiger partial charge >= 0.3 is 5.97 Å². The summed E-state index contributed by atoms with van der Waals surface area (Å²) in [6.45, 7) is 8.65. The van der Waals surface area contributed by atoms with Crippen molar-refractivity contribution < 1.29 is 14.6 Å². The first kappa shape index (κ1) is 25.6. The monoisotopic (exact) mass is 513 g/mol. The second-order valence-corrected chi connectivity index (χ2v) is 10.6. The molecule has 2 aromatic carbocycles. The van der Waals surface area contributed by atoms with Gasteiger partial charge in [-0.25, -0.2) is 0 Å². The Morgan fingerprint density at radius 1 is 1.20 bits per heavy atom. The minimum Gasteiger partial charge on any atom is -0.489 e. The summed E-state index contributed by atoms with van der Waals surface area (Å²) >= 11 is 8.02. The Balaban J connectivity index is 1.54. The lowest BCUT2D eigenvalue weighted by atomic mass is 9.84. The fourth-order valence-corrected chi connectivity index (χ4v) is 5.85. The average molecular weight is 514 g/mol. The molecule has 8 heteroatoms. The third kappa shape index (κ3) is 6.21. The molecule has 1 aromatic heterocycles. The molecule has 6 nitrogen and oxygen atoms in total. The highest BCUT2D eigenvalue weighted by atomic mass is 35.5. The van der Waals surface area contributed by atoms with Crippen molar-refractivity contribution in [3.05, 3.63) is 52.5 Å². The minimum absolute atomic E-state index is 0.0585. The largest absolute Gasteiger partial charge is 0.489 e. The molecule has 1 N–H and O–H groups in total. The highest BCUT2D eigenvalue weighted by Crippen LogP contribution is 2.39. The Morgan fingerprint density at radius 2 is 1.94 bits per heavy atom. The number of piperidine rings is 1. The Bertz CT molecular complexity index is 1170. The Morgan fingerprint density at radius 3 is 2.60 bits per heavy atom. The van der Waals surface area contributed by atoms with Crippen LogP contribution in [0.25, 0.3) is 21.1 Å². The molecule has 35 heavy (non-hydrogen) atoms. The van der Waals surface area contributed by atoms with Gasteiger partial charge in [0.1, 0.15) is 15.8 Å². The molecule has 2 heterocycles. The number of ether oxygens (including phenoxy) is 1. The smallest absolute Gasteiger partial charge is 0.304 e. The normalized spacial score (nSPS) is 15.0. The van der Waals surface area contributed by atoms with Crippen LogP contribution in [0.3, 0.4) is 0 Å². The van der Waals surface area contributed by atoms with E-state index in [1.165, 1.54) is 11.1 Å². The number of aromatic nitrogens is 2. The zero-order valence-corrected chi connectivity index (χ0v) is 22.0. The van der Waals surface area contributed by atoms with Gasteiger partial charge in [-0.2, -0.15) is 0 Å². The number of likely N-dealkylation sites (tertiary alicyclic amines) is 1. The first-order valence-corrected chi connectivity index (χ1v) is 13.4. The lowest BCUT2D eigenvalue weighted by Crippen LogP contribution is -2.34. The van der Waals surface area contributed by atoms with E-state index in [1.54, 1.807) is 11.3 Å². The zero-order chi connectivity index (χ0) is 24.9. The van der Waals surface area contributed by atoms with E-state index >= 15 is 0 Å². The van der Waals surface area contributed by atoms with Gasteiger partial charge in [0, 0.05) is 17.7 Å². The van der Waals surface area contributed by atoms with Crippen LogP contribution in [0.15, 0.2) is 36.4 Å². The van der Waals surface area contributed by atoms with E-state index in [-0.39, 0.29) is 12.5 Å². The highest BCUT2D eigenvalue weighted by molar-refractivity contribution is 7.17. The van der Waals surface area contributed by atoms with Gasteiger partial charge in [-0.15, -0.1) is 10.2 Å². The van der Waals surface area contributed by atoms with Crippen LogP contribution in [-0.4, -0.2) is 51.9 Å². The number of aliphatic carboxylic acids is 1. The van der Waals surface area contributed by atoms with Crippen molar-refractivity contribution in [3.63, 3.8) is 0 Å². The van der Waals surface area contributed by atoms with Crippen molar-refractivity contribution >= 4 is 28.9 Å². The van der Waals surface area contributed by atoms with E-state index in [9.17, 15) is 4.79 Å². The number of rotatable bonds is 9. The second kappa shape index (κ2) is 11.5. The topological polar surface area (TPSA) is 75.6 Å². The average Bonchev–Trinajstić information content (AvgIpc) is 3.34. The molecule has 0 saturated carbocycles. The van der Waals surface area contributed by atoms with E-state index in [0.29, 0.717) is 23.2 Å². The number of hydrogen-bond acceptors (Lipinski definition) is 6.